The maximum atomic E-state index is 12.4. The normalized spacial score (nSPS) is 27.4. The maximum absolute atomic E-state index is 12.4. The number of hydrogen-bond acceptors (Lipinski definition) is 6. The van der Waals surface area contributed by atoms with Crippen LogP contribution in [0.2, 0.25) is 0 Å². The van der Waals surface area contributed by atoms with Crippen LogP contribution in [0.15, 0.2) is 0 Å². The first kappa shape index (κ1) is 16.9. The van der Waals surface area contributed by atoms with Gasteiger partial charge in [-0.15, -0.1) is 0 Å². The number of sulfone groups is 1. The molecule has 2 aliphatic rings. The van der Waals surface area contributed by atoms with Crippen LogP contribution in [0.1, 0.15) is 32.1 Å². The van der Waals surface area contributed by atoms with Gasteiger partial charge < -0.3 is 15.2 Å². The van der Waals surface area contributed by atoms with Crippen LogP contribution < -0.4 is 5.73 Å². The molecule has 2 saturated heterocycles. The summed E-state index contributed by atoms with van der Waals surface area (Å²) in [6, 6.07) is -0.695. The maximum Gasteiger partial charge on any atom is 0.152 e. The van der Waals surface area contributed by atoms with Gasteiger partial charge in [0.1, 0.15) is 9.84 Å². The predicted octanol–water partition coefficient (Wildman–Crippen LogP) is 0.293. The van der Waals surface area contributed by atoms with Gasteiger partial charge in [-0.2, -0.15) is 0 Å². The summed E-state index contributed by atoms with van der Waals surface area (Å²) >= 11 is 0. The summed E-state index contributed by atoms with van der Waals surface area (Å²) in [5.74, 6) is -0.179. The van der Waals surface area contributed by atoms with E-state index >= 15 is 0 Å². The highest BCUT2D eigenvalue weighted by atomic mass is 32.2. The van der Waals surface area contributed by atoms with Crippen molar-refractivity contribution in [2.24, 2.45) is 11.7 Å². The molecule has 0 saturated carbocycles. The molecule has 2 heterocycles. The highest BCUT2D eigenvalue weighted by Gasteiger charge is 2.41. The van der Waals surface area contributed by atoms with Gasteiger partial charge >= 0.3 is 0 Å². The molecule has 2 atom stereocenters. The quantitative estimate of drug-likeness (QED) is 0.782. The first-order valence-corrected chi connectivity index (χ1v) is 9.56. The average Bonchev–Trinajstić information content (AvgIpc) is 2.44. The molecule has 1 spiro atoms. The fourth-order valence-corrected chi connectivity index (χ4v) is 3.83. The number of hydrogen-bond donors (Lipinski definition) is 1. The van der Waals surface area contributed by atoms with E-state index in [1.165, 1.54) is 0 Å². The molecule has 0 aliphatic carbocycles. The van der Waals surface area contributed by atoms with Crippen LogP contribution in [0, 0.1) is 5.92 Å². The molecule has 2 fully saturated rings. The van der Waals surface area contributed by atoms with Gasteiger partial charge in [0.05, 0.1) is 17.4 Å². The van der Waals surface area contributed by atoms with Crippen molar-refractivity contribution in [1.29, 1.82) is 0 Å². The SMILES string of the molecule is CS(=O)(=O)CCC(N)C(=O)C1CCOC2(CCOCC2)C1. The molecule has 21 heavy (non-hydrogen) atoms. The third kappa shape index (κ3) is 4.74. The van der Waals surface area contributed by atoms with Gasteiger partial charge in [-0.3, -0.25) is 4.79 Å². The van der Waals surface area contributed by atoms with Crippen LogP contribution >= 0.6 is 0 Å². The minimum atomic E-state index is -3.08. The summed E-state index contributed by atoms with van der Waals surface area (Å²) in [6.07, 6.45) is 4.35. The lowest BCUT2D eigenvalue weighted by molar-refractivity contribution is -0.157. The second kappa shape index (κ2) is 6.73. The van der Waals surface area contributed by atoms with Gasteiger partial charge in [-0.05, 0) is 32.1 Å². The Balaban J connectivity index is 1.92. The predicted molar refractivity (Wildman–Crippen MR) is 78.8 cm³/mol. The van der Waals surface area contributed by atoms with Crippen molar-refractivity contribution in [1.82, 2.24) is 0 Å². The van der Waals surface area contributed by atoms with Gasteiger partial charge in [-0.25, -0.2) is 8.42 Å². The average molecular weight is 319 g/mol. The van der Waals surface area contributed by atoms with E-state index in [9.17, 15) is 13.2 Å². The lowest BCUT2D eigenvalue weighted by Crippen LogP contribution is -2.48. The summed E-state index contributed by atoms with van der Waals surface area (Å²) < 4.78 is 33.6. The number of nitrogens with two attached hydrogens (primary N) is 1. The van der Waals surface area contributed by atoms with Crippen LogP contribution in [0.4, 0.5) is 0 Å². The van der Waals surface area contributed by atoms with Crippen LogP contribution in [-0.4, -0.2) is 57.7 Å². The molecule has 0 bridgehead atoms. The Bertz CT molecular complexity index is 464. The summed E-state index contributed by atoms with van der Waals surface area (Å²) in [5.41, 5.74) is 5.65. The molecule has 0 aromatic rings. The first-order valence-electron chi connectivity index (χ1n) is 7.50. The van der Waals surface area contributed by atoms with Crippen molar-refractivity contribution in [3.63, 3.8) is 0 Å². The fourth-order valence-electron chi connectivity index (χ4n) is 3.15. The Kier molecular flexibility index (Phi) is 5.40. The van der Waals surface area contributed by atoms with Gasteiger partial charge in [-0.1, -0.05) is 0 Å². The lowest BCUT2D eigenvalue weighted by atomic mass is 9.77. The summed E-state index contributed by atoms with van der Waals surface area (Å²) in [7, 11) is -3.08. The van der Waals surface area contributed by atoms with Crippen molar-refractivity contribution in [2.45, 2.75) is 43.7 Å². The topological polar surface area (TPSA) is 95.7 Å². The van der Waals surface area contributed by atoms with Crippen molar-refractivity contribution in [3.8, 4) is 0 Å². The molecule has 2 unspecified atom stereocenters. The minimum absolute atomic E-state index is 0.0205. The van der Waals surface area contributed by atoms with Gasteiger partial charge in [0.15, 0.2) is 5.78 Å². The molecule has 6 nitrogen and oxygen atoms in total. The van der Waals surface area contributed by atoms with E-state index in [0.717, 1.165) is 19.1 Å². The first-order chi connectivity index (χ1) is 9.81. The monoisotopic (exact) mass is 319 g/mol. The van der Waals surface area contributed by atoms with Crippen molar-refractivity contribution in [2.75, 3.05) is 31.8 Å². The van der Waals surface area contributed by atoms with E-state index in [2.05, 4.69) is 0 Å². The number of carbonyl (C=O) groups excluding carboxylic acids is 1. The number of ketones is 1. The van der Waals surface area contributed by atoms with Crippen LogP contribution in [-0.2, 0) is 24.1 Å². The summed E-state index contributed by atoms with van der Waals surface area (Å²) in [6.45, 7) is 1.90. The van der Waals surface area contributed by atoms with Crippen LogP contribution in [0.25, 0.3) is 0 Å². The van der Waals surface area contributed by atoms with Crippen LogP contribution in [0.3, 0.4) is 0 Å². The molecule has 0 aromatic heterocycles. The molecule has 0 aromatic carbocycles. The zero-order valence-corrected chi connectivity index (χ0v) is 13.4. The van der Waals surface area contributed by atoms with E-state index in [4.69, 9.17) is 15.2 Å². The van der Waals surface area contributed by atoms with Crippen LogP contribution in [0.5, 0.6) is 0 Å². The van der Waals surface area contributed by atoms with E-state index in [0.29, 0.717) is 32.7 Å². The Labute approximate surface area is 126 Å². The molecular formula is C14H25NO5S. The lowest BCUT2D eigenvalue weighted by Gasteiger charge is -2.43. The number of carbonyl (C=O) groups is 1. The summed E-state index contributed by atoms with van der Waals surface area (Å²) in [5, 5.41) is 0. The van der Waals surface area contributed by atoms with Crippen molar-refractivity contribution >= 4 is 15.6 Å². The second-order valence-electron chi connectivity index (χ2n) is 6.26. The van der Waals surface area contributed by atoms with E-state index in [1.807, 2.05) is 0 Å². The van der Waals surface area contributed by atoms with E-state index in [1.54, 1.807) is 0 Å². The third-order valence-corrected chi connectivity index (χ3v) is 5.44. The second-order valence-corrected chi connectivity index (χ2v) is 8.52. The molecule has 2 N–H and O–H groups in total. The minimum Gasteiger partial charge on any atom is -0.381 e. The smallest absolute Gasteiger partial charge is 0.152 e. The molecule has 7 heteroatoms. The standard InChI is InChI=1S/C14H25NO5S/c1-21(17,18)9-3-12(15)13(16)11-2-6-20-14(10-11)4-7-19-8-5-14/h11-12H,2-10,15H2,1H3. The van der Waals surface area contributed by atoms with Gasteiger partial charge in [0.25, 0.3) is 0 Å². The van der Waals surface area contributed by atoms with Crippen molar-refractivity contribution < 1.29 is 22.7 Å². The molecular weight excluding hydrogens is 294 g/mol. The molecule has 0 radical (unpaired) electrons. The largest absolute Gasteiger partial charge is 0.381 e. The molecule has 2 aliphatic heterocycles. The molecule has 2 rings (SSSR count). The van der Waals surface area contributed by atoms with Gasteiger partial charge in [0.2, 0.25) is 0 Å². The van der Waals surface area contributed by atoms with E-state index in [-0.39, 0.29) is 29.5 Å². The molecule has 122 valence electrons. The Morgan fingerprint density at radius 2 is 2.00 bits per heavy atom. The Hall–Kier alpha value is -0.500. The number of rotatable bonds is 5. The highest BCUT2D eigenvalue weighted by Crippen LogP contribution is 2.37. The zero-order chi connectivity index (χ0) is 15.5. The summed E-state index contributed by atoms with van der Waals surface area (Å²) in [4.78, 5) is 12.4. The van der Waals surface area contributed by atoms with E-state index < -0.39 is 15.9 Å². The molecule has 0 amide bonds. The Morgan fingerprint density at radius 3 is 2.62 bits per heavy atom. The van der Waals surface area contributed by atoms with Crippen molar-refractivity contribution in [3.05, 3.63) is 0 Å². The Morgan fingerprint density at radius 1 is 1.33 bits per heavy atom. The number of Topliss-reactive ketones (excluding diaryl/α,β-unsaturated/α-hetero) is 1. The fraction of sp³-hybridized carbons (Fsp3) is 0.929. The zero-order valence-electron chi connectivity index (χ0n) is 12.5. The van der Waals surface area contributed by atoms with Gasteiger partial charge in [0, 0.05) is 32.0 Å². The third-order valence-electron chi connectivity index (χ3n) is 4.46. The number of ether oxygens (including phenoxy) is 2. The highest BCUT2D eigenvalue weighted by molar-refractivity contribution is 7.90.